The van der Waals surface area contributed by atoms with E-state index in [-0.39, 0.29) is 17.7 Å². The summed E-state index contributed by atoms with van der Waals surface area (Å²) < 4.78 is 11.1. The second kappa shape index (κ2) is 8.97. The standard InChI is InChI=1S/C21H25ClN2O4/c1-13(2)19(25)24-17-11-8-15(12-18(17)27-5)23-20(26)21(3,4)28-16-9-6-14(22)7-10-16/h6-13H,1-5H3,(H,23,26)(H,24,25). The van der Waals surface area contributed by atoms with E-state index in [1.165, 1.54) is 7.11 Å². The van der Waals surface area contributed by atoms with E-state index in [4.69, 9.17) is 21.1 Å². The fraction of sp³-hybridized carbons (Fsp3) is 0.333. The summed E-state index contributed by atoms with van der Waals surface area (Å²) in [6, 6.07) is 11.8. The van der Waals surface area contributed by atoms with Gasteiger partial charge in [-0.15, -0.1) is 0 Å². The number of ether oxygens (including phenoxy) is 2. The molecule has 2 aromatic carbocycles. The molecule has 0 aliphatic carbocycles. The first-order valence-electron chi connectivity index (χ1n) is 8.87. The molecule has 2 N–H and O–H groups in total. The minimum absolute atomic E-state index is 0.118. The van der Waals surface area contributed by atoms with E-state index in [0.717, 1.165) is 0 Å². The zero-order chi connectivity index (χ0) is 20.9. The molecule has 0 heterocycles. The van der Waals surface area contributed by atoms with Gasteiger partial charge in [-0.2, -0.15) is 0 Å². The molecule has 0 atom stereocenters. The normalized spacial score (nSPS) is 11.1. The summed E-state index contributed by atoms with van der Waals surface area (Å²) in [5.74, 6) is 0.378. The van der Waals surface area contributed by atoms with Crippen molar-refractivity contribution in [2.24, 2.45) is 5.92 Å². The quantitative estimate of drug-likeness (QED) is 0.698. The number of amides is 2. The maximum absolute atomic E-state index is 12.7. The molecule has 2 rings (SSSR count). The van der Waals surface area contributed by atoms with Crippen LogP contribution < -0.4 is 20.1 Å². The molecule has 6 nitrogen and oxygen atoms in total. The third kappa shape index (κ3) is 5.63. The van der Waals surface area contributed by atoms with Crippen molar-refractivity contribution in [2.75, 3.05) is 17.7 Å². The minimum atomic E-state index is -1.12. The van der Waals surface area contributed by atoms with E-state index in [2.05, 4.69) is 10.6 Å². The van der Waals surface area contributed by atoms with E-state index >= 15 is 0 Å². The molecule has 0 aliphatic heterocycles. The lowest BCUT2D eigenvalue weighted by Crippen LogP contribution is -2.42. The molecule has 0 fully saturated rings. The van der Waals surface area contributed by atoms with Crippen molar-refractivity contribution < 1.29 is 19.1 Å². The van der Waals surface area contributed by atoms with Crippen molar-refractivity contribution in [3.05, 3.63) is 47.5 Å². The molecule has 2 aromatic rings. The first kappa shape index (κ1) is 21.6. The molecule has 28 heavy (non-hydrogen) atoms. The molecule has 7 heteroatoms. The Kier molecular flexibility index (Phi) is 6.91. The van der Waals surface area contributed by atoms with Gasteiger partial charge in [0.15, 0.2) is 5.60 Å². The molecule has 0 aromatic heterocycles. The summed E-state index contributed by atoms with van der Waals surface area (Å²) >= 11 is 5.87. The Morgan fingerprint density at radius 3 is 2.25 bits per heavy atom. The fourth-order valence-electron chi connectivity index (χ4n) is 2.27. The molecule has 0 saturated heterocycles. The predicted octanol–water partition coefficient (Wildman–Crippen LogP) is 4.74. The third-order valence-electron chi connectivity index (χ3n) is 3.98. The Bertz CT molecular complexity index is 848. The van der Waals surface area contributed by atoms with Gasteiger partial charge in [-0.25, -0.2) is 0 Å². The Morgan fingerprint density at radius 1 is 1.04 bits per heavy atom. The fourth-order valence-corrected chi connectivity index (χ4v) is 2.40. The molecular formula is C21H25ClN2O4. The highest BCUT2D eigenvalue weighted by Crippen LogP contribution is 2.29. The number of nitrogens with one attached hydrogen (secondary N) is 2. The van der Waals surface area contributed by atoms with Crippen LogP contribution in [0.15, 0.2) is 42.5 Å². The van der Waals surface area contributed by atoms with Crippen molar-refractivity contribution in [3.8, 4) is 11.5 Å². The summed E-state index contributed by atoms with van der Waals surface area (Å²) in [7, 11) is 1.50. The van der Waals surface area contributed by atoms with E-state index in [9.17, 15) is 9.59 Å². The van der Waals surface area contributed by atoms with Crippen LogP contribution in [0.4, 0.5) is 11.4 Å². The van der Waals surface area contributed by atoms with Crippen molar-refractivity contribution >= 4 is 34.8 Å². The van der Waals surface area contributed by atoms with Gasteiger partial charge in [0.05, 0.1) is 12.8 Å². The third-order valence-corrected chi connectivity index (χ3v) is 4.23. The van der Waals surface area contributed by atoms with E-state index < -0.39 is 5.60 Å². The van der Waals surface area contributed by atoms with Crippen LogP contribution in [-0.4, -0.2) is 24.5 Å². The van der Waals surface area contributed by atoms with Crippen molar-refractivity contribution in [1.82, 2.24) is 0 Å². The Balaban J connectivity index is 2.11. The predicted molar refractivity (Wildman–Crippen MR) is 111 cm³/mol. The van der Waals surface area contributed by atoms with Gasteiger partial charge in [-0.1, -0.05) is 25.4 Å². The van der Waals surface area contributed by atoms with Gasteiger partial charge in [0.2, 0.25) is 5.91 Å². The maximum atomic E-state index is 12.7. The molecule has 150 valence electrons. The highest BCUT2D eigenvalue weighted by Gasteiger charge is 2.30. The largest absolute Gasteiger partial charge is 0.494 e. The van der Waals surface area contributed by atoms with Crippen LogP contribution in [0.2, 0.25) is 5.02 Å². The maximum Gasteiger partial charge on any atom is 0.267 e. The molecule has 0 radical (unpaired) electrons. The van der Waals surface area contributed by atoms with Gasteiger partial charge in [0, 0.05) is 22.7 Å². The summed E-state index contributed by atoms with van der Waals surface area (Å²) in [5.41, 5.74) is -0.0564. The number of carbonyl (C=O) groups is 2. The van der Waals surface area contributed by atoms with Crippen LogP contribution in [0, 0.1) is 5.92 Å². The summed E-state index contributed by atoms with van der Waals surface area (Å²) in [5, 5.41) is 6.20. The van der Waals surface area contributed by atoms with Crippen molar-refractivity contribution in [1.29, 1.82) is 0 Å². The zero-order valence-corrected chi connectivity index (χ0v) is 17.4. The van der Waals surface area contributed by atoms with Crippen LogP contribution in [-0.2, 0) is 9.59 Å². The summed E-state index contributed by atoms with van der Waals surface area (Å²) in [4.78, 5) is 24.6. The molecule has 0 aliphatic rings. The average molecular weight is 405 g/mol. The number of methoxy groups -OCH3 is 1. The lowest BCUT2D eigenvalue weighted by molar-refractivity contribution is -0.128. The number of hydrogen-bond donors (Lipinski definition) is 2. The van der Waals surface area contributed by atoms with Crippen LogP contribution >= 0.6 is 11.6 Å². The highest BCUT2D eigenvalue weighted by atomic mass is 35.5. The van der Waals surface area contributed by atoms with Crippen molar-refractivity contribution in [2.45, 2.75) is 33.3 Å². The van der Waals surface area contributed by atoms with Crippen molar-refractivity contribution in [3.63, 3.8) is 0 Å². The van der Waals surface area contributed by atoms with Gasteiger partial charge < -0.3 is 20.1 Å². The van der Waals surface area contributed by atoms with Gasteiger partial charge >= 0.3 is 0 Å². The average Bonchev–Trinajstić information content (AvgIpc) is 2.64. The van der Waals surface area contributed by atoms with Gasteiger partial charge in [-0.3, -0.25) is 9.59 Å². The minimum Gasteiger partial charge on any atom is -0.494 e. The number of rotatable bonds is 7. The number of benzene rings is 2. The lowest BCUT2D eigenvalue weighted by atomic mass is 10.1. The first-order valence-corrected chi connectivity index (χ1v) is 9.25. The lowest BCUT2D eigenvalue weighted by Gasteiger charge is -2.25. The van der Waals surface area contributed by atoms with Gasteiger partial charge in [0.25, 0.3) is 5.91 Å². The second-order valence-corrected chi connectivity index (χ2v) is 7.52. The highest BCUT2D eigenvalue weighted by molar-refractivity contribution is 6.30. The molecule has 0 bridgehead atoms. The first-order chi connectivity index (χ1) is 13.1. The smallest absolute Gasteiger partial charge is 0.267 e. The van der Waals surface area contributed by atoms with E-state index in [1.54, 1.807) is 70.2 Å². The molecule has 2 amide bonds. The Labute approximate surface area is 170 Å². The van der Waals surface area contributed by atoms with Gasteiger partial charge in [-0.05, 0) is 50.2 Å². The zero-order valence-electron chi connectivity index (χ0n) is 16.6. The number of halogens is 1. The SMILES string of the molecule is COc1cc(NC(=O)C(C)(C)Oc2ccc(Cl)cc2)ccc1NC(=O)C(C)C. The molecule has 0 unspecified atom stereocenters. The summed E-state index contributed by atoms with van der Waals surface area (Å²) in [6.07, 6.45) is 0. The molecule has 0 spiro atoms. The summed E-state index contributed by atoms with van der Waals surface area (Å²) in [6.45, 7) is 6.95. The second-order valence-electron chi connectivity index (χ2n) is 7.08. The van der Waals surface area contributed by atoms with Crippen LogP contribution in [0.5, 0.6) is 11.5 Å². The van der Waals surface area contributed by atoms with Crippen LogP contribution in [0.1, 0.15) is 27.7 Å². The van der Waals surface area contributed by atoms with Gasteiger partial charge in [0.1, 0.15) is 11.5 Å². The topological polar surface area (TPSA) is 76.7 Å². The number of anilines is 2. The number of hydrogen-bond acceptors (Lipinski definition) is 4. The number of carbonyl (C=O) groups excluding carboxylic acids is 2. The van der Waals surface area contributed by atoms with E-state index in [0.29, 0.717) is 27.9 Å². The van der Waals surface area contributed by atoms with E-state index in [1.807, 2.05) is 0 Å². The van der Waals surface area contributed by atoms with Crippen LogP contribution in [0.3, 0.4) is 0 Å². The monoisotopic (exact) mass is 404 g/mol. The van der Waals surface area contributed by atoms with Crippen LogP contribution in [0.25, 0.3) is 0 Å². The molecular weight excluding hydrogens is 380 g/mol. The molecule has 0 saturated carbocycles. The Morgan fingerprint density at radius 2 is 1.68 bits per heavy atom. The Hall–Kier alpha value is -2.73.